The number of rotatable bonds is 15. The van der Waals surface area contributed by atoms with Crippen molar-refractivity contribution in [2.45, 2.75) is 111 Å². The van der Waals surface area contributed by atoms with Gasteiger partial charge in [-0.2, -0.15) is 0 Å². The van der Waals surface area contributed by atoms with E-state index >= 15 is 0 Å². The summed E-state index contributed by atoms with van der Waals surface area (Å²) >= 11 is 39.1. The second-order valence-electron chi connectivity index (χ2n) is 10.0. The fraction of sp³-hybridized carbons (Fsp3) is 0.840. The van der Waals surface area contributed by atoms with Gasteiger partial charge in [-0.1, -0.05) is 137 Å². The first kappa shape index (κ1) is 29.2. The average molecular weight is 594 g/mol. The molecule has 2 amide bonds. The molecule has 0 radical (unpaired) electrons. The average Bonchev–Trinajstić information content (AvgIpc) is 3.17. The number of nitrogens with zero attached hydrogens (tertiary/aromatic N) is 1. The normalized spacial score (nSPS) is 31.8. The molecule has 34 heavy (non-hydrogen) atoms. The lowest BCUT2D eigenvalue weighted by molar-refractivity contribution is -0.140. The summed E-state index contributed by atoms with van der Waals surface area (Å²) in [5.41, 5.74) is 0. The van der Waals surface area contributed by atoms with E-state index < -0.39 is 37.7 Å². The van der Waals surface area contributed by atoms with Gasteiger partial charge in [-0.3, -0.25) is 14.5 Å². The largest absolute Gasteiger partial charge is 0.282 e. The second kappa shape index (κ2) is 12.0. The summed E-state index contributed by atoms with van der Waals surface area (Å²) in [5.74, 6) is -2.88. The van der Waals surface area contributed by atoms with E-state index in [1.165, 1.54) is 75.5 Å². The van der Waals surface area contributed by atoms with E-state index in [0.29, 0.717) is 6.54 Å². The molecular formula is C25H35Cl6NO2. The van der Waals surface area contributed by atoms with Crippen LogP contribution in [0.5, 0.6) is 0 Å². The Balaban J connectivity index is 1.36. The van der Waals surface area contributed by atoms with Crippen molar-refractivity contribution in [1.82, 2.24) is 4.90 Å². The highest BCUT2D eigenvalue weighted by Crippen LogP contribution is 2.77. The van der Waals surface area contributed by atoms with Crippen molar-refractivity contribution in [3.63, 3.8) is 0 Å². The molecule has 0 aromatic rings. The van der Waals surface area contributed by atoms with E-state index in [0.717, 1.165) is 19.3 Å². The maximum absolute atomic E-state index is 13.2. The third kappa shape index (κ3) is 4.78. The molecule has 3 aliphatic rings. The zero-order valence-electron chi connectivity index (χ0n) is 19.8. The van der Waals surface area contributed by atoms with Crippen LogP contribution >= 0.6 is 69.6 Å². The highest BCUT2D eigenvalue weighted by Gasteiger charge is 2.87. The molecule has 4 atom stereocenters. The van der Waals surface area contributed by atoms with Crippen LogP contribution in [0.3, 0.4) is 0 Å². The number of imide groups is 1. The molecule has 2 fully saturated rings. The van der Waals surface area contributed by atoms with Gasteiger partial charge in [0.25, 0.3) is 0 Å². The van der Waals surface area contributed by atoms with E-state index in [2.05, 4.69) is 6.92 Å². The SMILES string of the molecule is CCCCCCCCCCCCCCCCN1C(=O)[C@H]2[C@H](C1=O)[C@]1(Cl)C(Cl)=C(Cl)[C@]2(Cl)C1(Cl)Cl. The maximum atomic E-state index is 13.2. The molecule has 3 nitrogen and oxygen atoms in total. The van der Waals surface area contributed by atoms with Gasteiger partial charge >= 0.3 is 0 Å². The Hall–Kier alpha value is 0.620. The van der Waals surface area contributed by atoms with Crippen molar-refractivity contribution in [2.75, 3.05) is 6.54 Å². The number of carbonyl (C=O) groups is 2. The number of alkyl halides is 4. The minimum Gasteiger partial charge on any atom is -0.282 e. The summed E-state index contributed by atoms with van der Waals surface area (Å²) < 4.78 is -1.86. The molecule has 3 rings (SSSR count). The summed E-state index contributed by atoms with van der Waals surface area (Å²) in [5, 5.41) is -0.0897. The fourth-order valence-corrected chi connectivity index (χ4v) is 8.67. The zero-order chi connectivity index (χ0) is 25.1. The Kier molecular flexibility index (Phi) is 10.3. The van der Waals surface area contributed by atoms with Crippen molar-refractivity contribution < 1.29 is 9.59 Å². The number of likely N-dealkylation sites (tertiary alicyclic amines) is 1. The lowest BCUT2D eigenvalue weighted by atomic mass is 9.84. The Morgan fingerprint density at radius 3 is 1.29 bits per heavy atom. The Morgan fingerprint density at radius 2 is 0.941 bits per heavy atom. The van der Waals surface area contributed by atoms with E-state index in [-0.39, 0.29) is 10.1 Å². The van der Waals surface area contributed by atoms with Crippen molar-refractivity contribution in [1.29, 1.82) is 0 Å². The maximum Gasteiger partial charge on any atom is 0.235 e. The quantitative estimate of drug-likeness (QED) is 0.108. The molecule has 0 aromatic heterocycles. The van der Waals surface area contributed by atoms with E-state index in [1.54, 1.807) is 0 Å². The molecule has 1 saturated carbocycles. The van der Waals surface area contributed by atoms with Gasteiger partial charge in [0.15, 0.2) is 4.33 Å². The lowest BCUT2D eigenvalue weighted by Crippen LogP contribution is -2.50. The number of halogens is 6. The van der Waals surface area contributed by atoms with Gasteiger partial charge in [-0.05, 0) is 6.42 Å². The monoisotopic (exact) mass is 591 g/mol. The van der Waals surface area contributed by atoms with Crippen LogP contribution in [0.1, 0.15) is 96.8 Å². The summed E-state index contributed by atoms with van der Waals surface area (Å²) in [6.07, 6.45) is 17.3. The fourth-order valence-electron chi connectivity index (χ4n) is 5.74. The molecule has 1 saturated heterocycles. The molecule has 0 N–H and O–H groups in total. The zero-order valence-corrected chi connectivity index (χ0v) is 24.3. The smallest absolute Gasteiger partial charge is 0.235 e. The van der Waals surface area contributed by atoms with Gasteiger partial charge in [0.1, 0.15) is 9.75 Å². The molecule has 1 aliphatic heterocycles. The molecule has 2 aliphatic carbocycles. The molecule has 2 bridgehead atoms. The van der Waals surface area contributed by atoms with Gasteiger partial charge < -0.3 is 0 Å². The highest BCUT2D eigenvalue weighted by molar-refractivity contribution is 6.66. The van der Waals surface area contributed by atoms with Crippen molar-refractivity contribution >= 4 is 81.4 Å². The minimum atomic E-state index is -1.86. The van der Waals surface area contributed by atoms with Gasteiger partial charge in [0, 0.05) is 6.54 Å². The second-order valence-corrected chi connectivity index (χ2v) is 13.3. The van der Waals surface area contributed by atoms with Crippen LogP contribution in [0, 0.1) is 11.8 Å². The van der Waals surface area contributed by atoms with Crippen molar-refractivity contribution in [3.05, 3.63) is 10.1 Å². The molecule has 9 heteroatoms. The topological polar surface area (TPSA) is 37.4 Å². The summed E-state index contributed by atoms with van der Waals surface area (Å²) in [4.78, 5) is 24.1. The first-order chi connectivity index (χ1) is 16.1. The Morgan fingerprint density at radius 1 is 0.618 bits per heavy atom. The van der Waals surface area contributed by atoms with E-state index in [4.69, 9.17) is 69.6 Å². The number of fused-ring (bicyclic) bond motifs is 5. The van der Waals surface area contributed by atoms with Crippen LogP contribution in [-0.2, 0) is 9.59 Å². The minimum absolute atomic E-state index is 0.0448. The first-order valence-corrected chi connectivity index (χ1v) is 15.0. The standard InChI is InChI=1S/C25H35Cl6NO2/c1-2-3-4-5-6-7-8-9-10-11-12-13-14-15-16-32-21(33)17-18(22(32)34)24(29)20(27)19(26)23(17,28)25(24,30)31/h17-18H,2-16H2,1H3/t17-,18-,23+,24+/m1/s1. The number of carbonyl (C=O) groups excluding carboxylic acids is 2. The van der Waals surface area contributed by atoms with Gasteiger partial charge in [-0.15, -0.1) is 23.2 Å². The first-order valence-electron chi connectivity index (χ1n) is 12.8. The van der Waals surface area contributed by atoms with E-state index in [1.807, 2.05) is 0 Å². The van der Waals surface area contributed by atoms with Gasteiger partial charge in [0.05, 0.1) is 21.9 Å². The lowest BCUT2D eigenvalue weighted by Gasteiger charge is -2.34. The van der Waals surface area contributed by atoms with Crippen LogP contribution in [0.25, 0.3) is 0 Å². The van der Waals surface area contributed by atoms with Gasteiger partial charge in [-0.25, -0.2) is 0 Å². The third-order valence-electron chi connectivity index (χ3n) is 7.74. The van der Waals surface area contributed by atoms with Crippen molar-refractivity contribution in [2.24, 2.45) is 11.8 Å². The molecule has 0 unspecified atom stereocenters. The number of hydrogen-bond acceptors (Lipinski definition) is 2. The molecule has 1 heterocycles. The Labute approximate surface area is 234 Å². The Bertz CT molecular complexity index is 756. The molecule has 194 valence electrons. The third-order valence-corrected chi connectivity index (χ3v) is 12.0. The van der Waals surface area contributed by atoms with E-state index in [9.17, 15) is 9.59 Å². The van der Waals surface area contributed by atoms with Crippen LogP contribution < -0.4 is 0 Å². The molecule has 0 aromatic carbocycles. The van der Waals surface area contributed by atoms with Gasteiger partial charge in [0.2, 0.25) is 11.8 Å². The van der Waals surface area contributed by atoms with Crippen LogP contribution in [-0.4, -0.2) is 37.3 Å². The number of hydrogen-bond donors (Lipinski definition) is 0. The van der Waals surface area contributed by atoms with Crippen LogP contribution in [0.4, 0.5) is 0 Å². The number of unbranched alkanes of at least 4 members (excludes halogenated alkanes) is 13. The van der Waals surface area contributed by atoms with Crippen molar-refractivity contribution in [3.8, 4) is 0 Å². The summed E-state index contributed by atoms with van der Waals surface area (Å²) in [6.45, 7) is 2.58. The summed E-state index contributed by atoms with van der Waals surface area (Å²) in [7, 11) is 0. The highest BCUT2D eigenvalue weighted by atomic mass is 35.5. The number of amides is 2. The van der Waals surface area contributed by atoms with Crippen LogP contribution in [0.2, 0.25) is 0 Å². The summed E-state index contributed by atoms with van der Waals surface area (Å²) in [6, 6.07) is 0. The van der Waals surface area contributed by atoms with Crippen LogP contribution in [0.15, 0.2) is 10.1 Å². The predicted molar refractivity (Wildman–Crippen MR) is 144 cm³/mol. The predicted octanol–water partition coefficient (Wildman–Crippen LogP) is 8.91. The molecule has 0 spiro atoms. The number of allylic oxidation sites excluding steroid dienone is 2. The molecular weight excluding hydrogens is 559 g/mol.